The van der Waals surface area contributed by atoms with Crippen LogP contribution in [-0.2, 0) is 0 Å². The van der Waals surface area contributed by atoms with E-state index in [1.54, 1.807) is 54.6 Å². The number of rotatable bonds is 4. The average molecular weight is 396 g/mol. The quantitative estimate of drug-likeness (QED) is 0.502. The van der Waals surface area contributed by atoms with Crippen molar-refractivity contribution < 1.29 is 9.47 Å². The highest BCUT2D eigenvalue weighted by molar-refractivity contribution is 6.35. The summed E-state index contributed by atoms with van der Waals surface area (Å²) in [6, 6.07) is 15.3. The van der Waals surface area contributed by atoms with Crippen LogP contribution in [0.3, 0.4) is 0 Å². The Labute approximate surface area is 159 Å². The highest BCUT2D eigenvalue weighted by Gasteiger charge is 2.14. The van der Waals surface area contributed by atoms with Crippen LogP contribution in [0.25, 0.3) is 0 Å². The zero-order chi connectivity index (χ0) is 18.0. The number of nitrogen functional groups attached to an aromatic ring is 2. The minimum Gasteiger partial charge on any atom is -0.454 e. The molecule has 3 aromatic carbocycles. The lowest BCUT2D eigenvalue weighted by Crippen LogP contribution is -1.93. The van der Waals surface area contributed by atoms with Gasteiger partial charge in [-0.05, 0) is 36.4 Å². The average Bonchev–Trinajstić information content (AvgIpc) is 2.59. The van der Waals surface area contributed by atoms with E-state index in [2.05, 4.69) is 0 Å². The van der Waals surface area contributed by atoms with Crippen molar-refractivity contribution in [2.45, 2.75) is 0 Å². The van der Waals surface area contributed by atoms with Gasteiger partial charge < -0.3 is 20.9 Å². The van der Waals surface area contributed by atoms with Crippen molar-refractivity contribution in [3.63, 3.8) is 0 Å². The molecule has 0 saturated heterocycles. The first kappa shape index (κ1) is 17.5. The largest absolute Gasteiger partial charge is 0.454 e. The summed E-state index contributed by atoms with van der Waals surface area (Å²) in [5.74, 6) is 1.52. The minimum atomic E-state index is 0.263. The van der Waals surface area contributed by atoms with Crippen LogP contribution in [-0.4, -0.2) is 0 Å². The van der Waals surface area contributed by atoms with E-state index < -0.39 is 0 Å². The molecule has 0 bridgehead atoms. The summed E-state index contributed by atoms with van der Waals surface area (Å²) in [5.41, 5.74) is 12.4. The van der Waals surface area contributed by atoms with Crippen molar-refractivity contribution in [1.29, 1.82) is 0 Å². The molecule has 0 aliphatic heterocycles. The van der Waals surface area contributed by atoms with Gasteiger partial charge in [-0.15, -0.1) is 0 Å². The Morgan fingerprint density at radius 1 is 0.520 bits per heavy atom. The van der Waals surface area contributed by atoms with E-state index in [1.807, 2.05) is 0 Å². The van der Waals surface area contributed by atoms with Gasteiger partial charge in [-0.3, -0.25) is 0 Å². The molecular weight excluding hydrogens is 383 g/mol. The van der Waals surface area contributed by atoms with Crippen LogP contribution in [0.2, 0.25) is 15.1 Å². The van der Waals surface area contributed by atoms with Crippen molar-refractivity contribution in [1.82, 2.24) is 0 Å². The van der Waals surface area contributed by atoms with Crippen LogP contribution in [0.5, 0.6) is 23.0 Å². The maximum atomic E-state index is 6.39. The van der Waals surface area contributed by atoms with Gasteiger partial charge >= 0.3 is 0 Å². The van der Waals surface area contributed by atoms with Crippen molar-refractivity contribution in [2.24, 2.45) is 0 Å². The molecular formula is C18H13Cl3N2O2. The van der Waals surface area contributed by atoms with Crippen LogP contribution < -0.4 is 20.9 Å². The third-order valence-electron chi connectivity index (χ3n) is 3.35. The fourth-order valence-corrected chi connectivity index (χ4v) is 2.63. The second-order valence-electron chi connectivity index (χ2n) is 5.09. The van der Waals surface area contributed by atoms with Gasteiger partial charge in [0.15, 0.2) is 0 Å². The third kappa shape index (κ3) is 3.71. The Hall–Kier alpha value is -2.27. The van der Waals surface area contributed by atoms with E-state index in [-0.39, 0.29) is 5.02 Å². The van der Waals surface area contributed by atoms with Gasteiger partial charge in [-0.2, -0.15) is 0 Å². The minimum absolute atomic E-state index is 0.263. The topological polar surface area (TPSA) is 70.5 Å². The molecule has 0 spiro atoms. The molecule has 0 amide bonds. The summed E-state index contributed by atoms with van der Waals surface area (Å²) in [5, 5.41) is 0.881. The summed E-state index contributed by atoms with van der Waals surface area (Å²) in [7, 11) is 0. The zero-order valence-electron chi connectivity index (χ0n) is 12.8. The molecule has 0 saturated carbocycles. The fraction of sp³-hybridized carbons (Fsp3) is 0. The van der Waals surface area contributed by atoms with Crippen LogP contribution in [0, 0.1) is 0 Å². The van der Waals surface area contributed by atoms with Gasteiger partial charge in [0, 0.05) is 0 Å². The van der Waals surface area contributed by atoms with Crippen molar-refractivity contribution in [2.75, 3.05) is 11.5 Å². The van der Waals surface area contributed by atoms with Gasteiger partial charge in [-0.1, -0.05) is 53.0 Å². The first-order chi connectivity index (χ1) is 12.0. The summed E-state index contributed by atoms with van der Waals surface area (Å²) < 4.78 is 11.5. The van der Waals surface area contributed by atoms with Gasteiger partial charge in [0.05, 0.1) is 11.4 Å². The number of benzene rings is 3. The van der Waals surface area contributed by atoms with E-state index in [4.69, 9.17) is 55.7 Å². The fourth-order valence-electron chi connectivity index (χ4n) is 2.10. The third-order valence-corrected chi connectivity index (χ3v) is 4.54. The molecule has 25 heavy (non-hydrogen) atoms. The molecule has 0 radical (unpaired) electrons. The molecule has 3 aromatic rings. The van der Waals surface area contributed by atoms with Gasteiger partial charge in [0.1, 0.15) is 38.1 Å². The van der Waals surface area contributed by atoms with Crippen molar-refractivity contribution in [3.8, 4) is 23.0 Å². The highest BCUT2D eigenvalue weighted by Crippen LogP contribution is 2.42. The smallest absolute Gasteiger partial charge is 0.149 e. The van der Waals surface area contributed by atoms with Gasteiger partial charge in [-0.25, -0.2) is 0 Å². The summed E-state index contributed by atoms with van der Waals surface area (Å²) in [6.07, 6.45) is 0. The van der Waals surface area contributed by atoms with E-state index >= 15 is 0 Å². The summed E-state index contributed by atoms with van der Waals surface area (Å²) in [4.78, 5) is 0. The summed E-state index contributed by atoms with van der Waals surface area (Å²) in [6.45, 7) is 0. The number of hydrogen-bond donors (Lipinski definition) is 2. The maximum Gasteiger partial charge on any atom is 0.149 e. The Kier molecular flexibility index (Phi) is 5.13. The van der Waals surface area contributed by atoms with E-state index in [1.165, 1.54) is 0 Å². The lowest BCUT2D eigenvalue weighted by Gasteiger charge is -2.14. The molecule has 4 N–H and O–H groups in total. The Bertz CT molecular complexity index is 860. The molecule has 0 aliphatic rings. The standard InChI is InChI=1S/C18H13Cl3N2O2/c19-16-10(22)4-1-6-12(16)24-14-8-3-9-15(18(14)21)25-13-7-2-5-11(23)17(13)20/h1-9H,22-23H2. The number of ether oxygens (including phenoxy) is 2. The normalized spacial score (nSPS) is 10.5. The second-order valence-corrected chi connectivity index (χ2v) is 6.23. The molecule has 0 aromatic heterocycles. The maximum absolute atomic E-state index is 6.39. The molecule has 0 fully saturated rings. The van der Waals surface area contributed by atoms with Crippen LogP contribution in [0.15, 0.2) is 54.6 Å². The number of hydrogen-bond acceptors (Lipinski definition) is 4. The lowest BCUT2D eigenvalue weighted by atomic mass is 10.3. The molecule has 0 atom stereocenters. The van der Waals surface area contributed by atoms with E-state index in [0.717, 1.165) is 0 Å². The molecule has 3 rings (SSSR count). The first-order valence-electron chi connectivity index (χ1n) is 7.19. The van der Waals surface area contributed by atoms with E-state index in [9.17, 15) is 0 Å². The molecule has 4 nitrogen and oxygen atoms in total. The SMILES string of the molecule is Nc1cccc(Oc2cccc(Oc3cccc(N)c3Cl)c2Cl)c1Cl. The molecule has 7 heteroatoms. The van der Waals surface area contributed by atoms with Crippen LogP contribution >= 0.6 is 34.8 Å². The second kappa shape index (κ2) is 7.31. The Balaban J connectivity index is 1.92. The predicted octanol–water partition coefficient (Wildman–Crippen LogP) is 6.40. The summed E-state index contributed by atoms with van der Waals surface area (Å²) >= 11 is 18.7. The number of nitrogens with two attached hydrogens (primary N) is 2. The van der Waals surface area contributed by atoms with Gasteiger partial charge in [0.25, 0.3) is 0 Å². The highest BCUT2D eigenvalue weighted by atomic mass is 35.5. The molecule has 0 heterocycles. The number of anilines is 2. The number of halogens is 3. The monoisotopic (exact) mass is 394 g/mol. The lowest BCUT2D eigenvalue weighted by molar-refractivity contribution is 0.461. The molecule has 0 unspecified atom stereocenters. The Morgan fingerprint density at radius 2 is 0.840 bits per heavy atom. The molecule has 128 valence electrons. The van der Waals surface area contributed by atoms with Crippen molar-refractivity contribution >= 4 is 46.2 Å². The van der Waals surface area contributed by atoms with Gasteiger partial charge in [0.2, 0.25) is 0 Å². The first-order valence-corrected chi connectivity index (χ1v) is 8.33. The zero-order valence-corrected chi connectivity index (χ0v) is 15.1. The Morgan fingerprint density at radius 3 is 1.24 bits per heavy atom. The van der Waals surface area contributed by atoms with Crippen molar-refractivity contribution in [3.05, 3.63) is 69.7 Å². The van der Waals surface area contributed by atoms with Crippen LogP contribution in [0.1, 0.15) is 0 Å². The predicted molar refractivity (Wildman–Crippen MR) is 103 cm³/mol. The molecule has 0 aliphatic carbocycles. The van der Waals surface area contributed by atoms with E-state index in [0.29, 0.717) is 44.4 Å². The van der Waals surface area contributed by atoms with Crippen LogP contribution in [0.4, 0.5) is 11.4 Å².